The Morgan fingerprint density at radius 2 is 1.92 bits per heavy atom. The summed E-state index contributed by atoms with van der Waals surface area (Å²) in [6.45, 7) is 2.14. The number of benzene rings is 1. The number of ether oxygens (including phenoxy) is 1. The molecule has 3 aromatic heterocycles. The zero-order valence-corrected chi connectivity index (χ0v) is 15.4. The Bertz CT molecular complexity index is 1070. The number of rotatable bonds is 4. The molecule has 3 heterocycles. The average Bonchev–Trinajstić information content (AvgIpc) is 3.22. The zero-order valence-electron chi connectivity index (χ0n) is 13.8. The molecular formula is C19H14ClN3O2S. The normalized spacial score (nSPS) is 11.0. The molecule has 0 aliphatic rings. The molecule has 0 aliphatic carbocycles. The fourth-order valence-corrected chi connectivity index (χ4v) is 3.81. The van der Waals surface area contributed by atoms with Crippen LogP contribution >= 0.6 is 22.9 Å². The van der Waals surface area contributed by atoms with Gasteiger partial charge in [-0.2, -0.15) is 5.10 Å². The van der Waals surface area contributed by atoms with E-state index in [-0.39, 0.29) is 12.6 Å². The molecule has 0 fully saturated rings. The second-order valence-corrected chi connectivity index (χ2v) is 7.20. The molecule has 0 N–H and O–H groups in total. The van der Waals surface area contributed by atoms with Crippen molar-refractivity contribution in [2.45, 2.75) is 13.5 Å². The summed E-state index contributed by atoms with van der Waals surface area (Å²) in [4.78, 5) is 17.8. The minimum Gasteiger partial charge on any atom is -0.457 e. The van der Waals surface area contributed by atoms with Gasteiger partial charge in [0.1, 0.15) is 16.3 Å². The number of carbonyl (C=O) groups excluding carboxylic acids is 1. The van der Waals surface area contributed by atoms with Crippen molar-refractivity contribution in [2.24, 2.45) is 0 Å². The van der Waals surface area contributed by atoms with E-state index in [0.717, 1.165) is 27.2 Å². The van der Waals surface area contributed by atoms with Gasteiger partial charge in [0, 0.05) is 22.8 Å². The lowest BCUT2D eigenvalue weighted by Crippen LogP contribution is -2.03. The first-order chi connectivity index (χ1) is 12.6. The molecule has 0 amide bonds. The zero-order chi connectivity index (χ0) is 18.1. The number of pyridine rings is 1. The molecule has 0 atom stereocenters. The summed E-state index contributed by atoms with van der Waals surface area (Å²) in [5, 5.41) is 6.18. The Morgan fingerprint density at radius 3 is 2.65 bits per heavy atom. The van der Waals surface area contributed by atoms with Crippen molar-refractivity contribution < 1.29 is 9.53 Å². The highest BCUT2D eigenvalue weighted by Crippen LogP contribution is 2.31. The van der Waals surface area contributed by atoms with E-state index < -0.39 is 0 Å². The number of hydrogen-bond donors (Lipinski definition) is 0. The summed E-state index contributed by atoms with van der Waals surface area (Å²) in [6, 6.07) is 12.9. The van der Waals surface area contributed by atoms with Crippen LogP contribution < -0.4 is 0 Å². The lowest BCUT2D eigenvalue weighted by Gasteiger charge is -2.03. The molecule has 26 heavy (non-hydrogen) atoms. The molecule has 0 radical (unpaired) electrons. The Balaban J connectivity index is 1.62. The van der Waals surface area contributed by atoms with Crippen LogP contribution in [-0.2, 0) is 11.3 Å². The van der Waals surface area contributed by atoms with Crippen molar-refractivity contribution in [2.75, 3.05) is 0 Å². The Labute approximate surface area is 158 Å². The molecule has 4 rings (SSSR count). The van der Waals surface area contributed by atoms with E-state index in [4.69, 9.17) is 16.3 Å². The first-order valence-electron chi connectivity index (χ1n) is 7.93. The van der Waals surface area contributed by atoms with Gasteiger partial charge in [-0.05, 0) is 55.0 Å². The third-order valence-electron chi connectivity index (χ3n) is 3.94. The maximum Gasteiger partial charge on any atom is 0.348 e. The van der Waals surface area contributed by atoms with Gasteiger partial charge in [0.15, 0.2) is 0 Å². The van der Waals surface area contributed by atoms with Gasteiger partial charge in [0.05, 0.1) is 11.4 Å². The number of carbonyl (C=O) groups is 1. The number of aryl methyl sites for hydroxylation is 1. The van der Waals surface area contributed by atoms with Gasteiger partial charge in [-0.15, -0.1) is 11.3 Å². The highest BCUT2D eigenvalue weighted by molar-refractivity contribution is 7.20. The van der Waals surface area contributed by atoms with Crippen molar-refractivity contribution >= 4 is 39.1 Å². The number of aromatic nitrogens is 3. The quantitative estimate of drug-likeness (QED) is 0.475. The van der Waals surface area contributed by atoms with E-state index in [1.54, 1.807) is 12.4 Å². The van der Waals surface area contributed by atoms with Crippen LogP contribution in [0.3, 0.4) is 0 Å². The van der Waals surface area contributed by atoms with Crippen LogP contribution in [0.2, 0.25) is 5.02 Å². The third-order valence-corrected chi connectivity index (χ3v) is 5.28. The molecule has 0 unspecified atom stereocenters. The third kappa shape index (κ3) is 3.21. The maximum absolute atomic E-state index is 12.4. The van der Waals surface area contributed by atoms with E-state index in [9.17, 15) is 4.79 Å². The van der Waals surface area contributed by atoms with Gasteiger partial charge < -0.3 is 4.74 Å². The molecule has 5 nitrogen and oxygen atoms in total. The lowest BCUT2D eigenvalue weighted by atomic mass is 10.3. The van der Waals surface area contributed by atoms with E-state index >= 15 is 0 Å². The van der Waals surface area contributed by atoms with Gasteiger partial charge in [0.25, 0.3) is 0 Å². The molecule has 0 spiro atoms. The number of esters is 1. The fourth-order valence-electron chi connectivity index (χ4n) is 2.60. The van der Waals surface area contributed by atoms with Gasteiger partial charge in [0.2, 0.25) is 0 Å². The van der Waals surface area contributed by atoms with Crippen LogP contribution in [0.15, 0.2) is 54.9 Å². The van der Waals surface area contributed by atoms with Crippen molar-refractivity contribution in [1.82, 2.24) is 14.8 Å². The van der Waals surface area contributed by atoms with Crippen molar-refractivity contribution in [3.63, 3.8) is 0 Å². The smallest absolute Gasteiger partial charge is 0.348 e. The highest BCUT2D eigenvalue weighted by atomic mass is 35.5. The summed E-state index contributed by atoms with van der Waals surface area (Å²) in [7, 11) is 0. The van der Waals surface area contributed by atoms with E-state index in [2.05, 4.69) is 10.1 Å². The number of thiophene rings is 1. The van der Waals surface area contributed by atoms with Gasteiger partial charge in [-0.25, -0.2) is 9.48 Å². The topological polar surface area (TPSA) is 57.0 Å². The minimum atomic E-state index is -0.343. The summed E-state index contributed by atoms with van der Waals surface area (Å²) in [6.07, 6.45) is 3.35. The van der Waals surface area contributed by atoms with Gasteiger partial charge in [-0.1, -0.05) is 11.6 Å². The SMILES string of the molecule is Cc1nn(-c2ccc(Cl)cc2)c2sc(C(=O)OCc3ccncc3)cc12. The lowest BCUT2D eigenvalue weighted by molar-refractivity contribution is 0.0478. The van der Waals surface area contributed by atoms with Crippen molar-refractivity contribution in [3.8, 4) is 5.69 Å². The van der Waals surface area contributed by atoms with Crippen LogP contribution in [0.5, 0.6) is 0 Å². The Morgan fingerprint density at radius 1 is 1.19 bits per heavy atom. The molecule has 0 saturated carbocycles. The monoisotopic (exact) mass is 383 g/mol. The summed E-state index contributed by atoms with van der Waals surface area (Å²) in [5.41, 5.74) is 2.66. The van der Waals surface area contributed by atoms with Crippen LogP contribution in [-0.4, -0.2) is 20.7 Å². The molecule has 0 bridgehead atoms. The van der Waals surface area contributed by atoms with Crippen molar-refractivity contribution in [3.05, 3.63) is 76.0 Å². The van der Waals surface area contributed by atoms with Crippen molar-refractivity contribution in [1.29, 1.82) is 0 Å². The van der Waals surface area contributed by atoms with E-state index in [1.165, 1.54) is 11.3 Å². The van der Waals surface area contributed by atoms with Crippen LogP contribution in [0.4, 0.5) is 0 Å². The number of hydrogen-bond acceptors (Lipinski definition) is 5. The Hall–Kier alpha value is -2.70. The first kappa shape index (κ1) is 16.8. The van der Waals surface area contributed by atoms with E-state index in [0.29, 0.717) is 9.90 Å². The maximum atomic E-state index is 12.4. The van der Waals surface area contributed by atoms with Gasteiger partial charge in [-0.3, -0.25) is 4.98 Å². The van der Waals surface area contributed by atoms with Crippen LogP contribution in [0.25, 0.3) is 15.9 Å². The molecule has 1 aromatic carbocycles. The molecule has 0 saturated heterocycles. The number of nitrogens with zero attached hydrogens (tertiary/aromatic N) is 3. The molecule has 130 valence electrons. The van der Waals surface area contributed by atoms with E-state index in [1.807, 2.05) is 54.1 Å². The summed E-state index contributed by atoms with van der Waals surface area (Å²) >= 11 is 7.33. The molecular weight excluding hydrogens is 370 g/mol. The van der Waals surface area contributed by atoms with Gasteiger partial charge >= 0.3 is 5.97 Å². The molecule has 7 heteroatoms. The Kier molecular flexibility index (Phi) is 4.44. The largest absolute Gasteiger partial charge is 0.457 e. The highest BCUT2D eigenvalue weighted by Gasteiger charge is 2.18. The molecule has 4 aromatic rings. The predicted octanol–water partition coefficient (Wildman–Crippen LogP) is 4.80. The second kappa shape index (κ2) is 6.90. The second-order valence-electron chi connectivity index (χ2n) is 5.73. The fraction of sp³-hybridized carbons (Fsp3) is 0.105. The summed E-state index contributed by atoms with van der Waals surface area (Å²) < 4.78 is 7.24. The minimum absolute atomic E-state index is 0.220. The number of halogens is 1. The summed E-state index contributed by atoms with van der Waals surface area (Å²) in [5.74, 6) is -0.343. The first-order valence-corrected chi connectivity index (χ1v) is 9.12. The number of fused-ring (bicyclic) bond motifs is 1. The van der Waals surface area contributed by atoms with Crippen LogP contribution in [0, 0.1) is 6.92 Å². The molecule has 0 aliphatic heterocycles. The standard InChI is InChI=1S/C19H14ClN3O2S/c1-12-16-10-17(19(24)25-11-13-6-8-21-9-7-13)26-18(16)23(22-12)15-4-2-14(20)3-5-15/h2-10H,11H2,1H3. The average molecular weight is 384 g/mol. The predicted molar refractivity (Wildman–Crippen MR) is 102 cm³/mol. The van der Waals surface area contributed by atoms with Crippen LogP contribution in [0.1, 0.15) is 20.9 Å².